The quantitative estimate of drug-likeness (QED) is 0.797. The lowest BCUT2D eigenvalue weighted by molar-refractivity contribution is -0.141. The molecular weight excluding hydrogens is 272 g/mol. The van der Waals surface area contributed by atoms with E-state index >= 15 is 0 Å². The molecule has 0 unspecified atom stereocenters. The number of aliphatic carboxylic acids is 1. The van der Waals surface area contributed by atoms with Gasteiger partial charge in [0.05, 0.1) is 6.10 Å². The monoisotopic (exact) mass is 290 g/mol. The van der Waals surface area contributed by atoms with Crippen molar-refractivity contribution in [3.05, 3.63) is 35.4 Å². The van der Waals surface area contributed by atoms with Gasteiger partial charge in [0, 0.05) is 26.1 Å². The molecule has 2 amide bonds. The van der Waals surface area contributed by atoms with Crippen LogP contribution in [0.25, 0.3) is 0 Å². The molecule has 6 heteroatoms. The zero-order chi connectivity index (χ0) is 15.0. The van der Waals surface area contributed by atoms with Gasteiger partial charge in [-0.2, -0.15) is 0 Å². The summed E-state index contributed by atoms with van der Waals surface area (Å²) in [5.41, 5.74) is 2.33. The second-order valence-corrected chi connectivity index (χ2v) is 5.62. The predicted octanol–water partition coefficient (Wildman–Crippen LogP) is 0.684. The molecular formula is C15H18N2O4. The van der Waals surface area contributed by atoms with Crippen LogP contribution >= 0.6 is 0 Å². The molecule has 2 aliphatic rings. The van der Waals surface area contributed by atoms with Crippen molar-refractivity contribution >= 4 is 12.0 Å². The van der Waals surface area contributed by atoms with Crippen LogP contribution in [0, 0.1) is 0 Å². The number of amides is 2. The Morgan fingerprint density at radius 3 is 2.62 bits per heavy atom. The van der Waals surface area contributed by atoms with Gasteiger partial charge in [0.15, 0.2) is 0 Å². The molecule has 0 bridgehead atoms. The van der Waals surface area contributed by atoms with Gasteiger partial charge in [0.2, 0.25) is 0 Å². The van der Waals surface area contributed by atoms with Crippen molar-refractivity contribution in [2.75, 3.05) is 13.1 Å². The van der Waals surface area contributed by atoms with Crippen LogP contribution in [0.5, 0.6) is 0 Å². The van der Waals surface area contributed by atoms with Crippen LogP contribution in [-0.4, -0.2) is 57.2 Å². The number of benzene rings is 1. The summed E-state index contributed by atoms with van der Waals surface area (Å²) in [6.45, 7) is 1.16. The maximum absolute atomic E-state index is 12.5. The highest BCUT2D eigenvalue weighted by Gasteiger charge is 2.41. The normalized spacial score (nSPS) is 24.8. The second kappa shape index (κ2) is 5.37. The molecule has 3 rings (SSSR count). The molecule has 2 aliphatic heterocycles. The fourth-order valence-electron chi connectivity index (χ4n) is 3.10. The van der Waals surface area contributed by atoms with Gasteiger partial charge in [0.1, 0.15) is 6.04 Å². The molecule has 21 heavy (non-hydrogen) atoms. The molecule has 1 saturated heterocycles. The van der Waals surface area contributed by atoms with Gasteiger partial charge in [-0.1, -0.05) is 24.3 Å². The molecule has 0 spiro atoms. The van der Waals surface area contributed by atoms with E-state index in [1.807, 2.05) is 18.2 Å². The summed E-state index contributed by atoms with van der Waals surface area (Å²) in [7, 11) is 0. The molecule has 0 radical (unpaired) electrons. The van der Waals surface area contributed by atoms with Crippen LogP contribution in [0.2, 0.25) is 0 Å². The maximum atomic E-state index is 12.5. The summed E-state index contributed by atoms with van der Waals surface area (Å²) in [5.74, 6) is -1.06. The molecule has 1 aromatic carbocycles. The summed E-state index contributed by atoms with van der Waals surface area (Å²) in [6.07, 6.45) is 0.119. The number of fused-ring (bicyclic) bond motifs is 1. The fraction of sp³-hybridized carbons (Fsp3) is 0.467. The van der Waals surface area contributed by atoms with E-state index in [1.54, 1.807) is 4.90 Å². The maximum Gasteiger partial charge on any atom is 0.326 e. The Balaban J connectivity index is 1.76. The molecule has 1 fully saturated rings. The third kappa shape index (κ3) is 2.58. The molecule has 2 N–H and O–H groups in total. The van der Waals surface area contributed by atoms with Gasteiger partial charge < -0.3 is 20.0 Å². The second-order valence-electron chi connectivity index (χ2n) is 5.62. The van der Waals surface area contributed by atoms with E-state index in [0.29, 0.717) is 13.1 Å². The Hall–Kier alpha value is -2.08. The smallest absolute Gasteiger partial charge is 0.326 e. The molecule has 1 aromatic rings. The Morgan fingerprint density at radius 2 is 1.90 bits per heavy atom. The molecule has 0 saturated carbocycles. The number of carbonyl (C=O) groups excluding carboxylic acids is 1. The number of β-amino-alcohol motifs (C(OH)–C–C–N with tert-alkyl or cyclic N) is 1. The number of hydrogen-bond acceptors (Lipinski definition) is 3. The number of aliphatic hydroxyl groups excluding tert-OH is 1. The summed E-state index contributed by atoms with van der Waals surface area (Å²) in [4.78, 5) is 26.7. The van der Waals surface area contributed by atoms with Gasteiger partial charge in [-0.05, 0) is 17.5 Å². The van der Waals surface area contributed by atoms with Gasteiger partial charge in [0.25, 0.3) is 0 Å². The standard InChI is InChI=1S/C15H18N2O4/c18-12-7-13(14(19)20)17(9-12)15(21)16-6-5-10-3-1-2-4-11(10)8-16/h1-4,12-13,18H,5-9H2,(H,19,20)/t12-,13-/m1/s1. The van der Waals surface area contributed by atoms with Crippen LogP contribution in [-0.2, 0) is 17.8 Å². The van der Waals surface area contributed by atoms with E-state index in [1.165, 1.54) is 10.5 Å². The number of nitrogens with zero attached hydrogens (tertiary/aromatic N) is 2. The summed E-state index contributed by atoms with van der Waals surface area (Å²) in [5, 5.41) is 18.8. The molecule has 0 aromatic heterocycles. The van der Waals surface area contributed by atoms with Crippen LogP contribution in [0.15, 0.2) is 24.3 Å². The third-order valence-electron chi connectivity index (χ3n) is 4.21. The fourth-order valence-corrected chi connectivity index (χ4v) is 3.10. The average molecular weight is 290 g/mol. The van der Waals surface area contributed by atoms with E-state index < -0.39 is 18.1 Å². The Kier molecular flexibility index (Phi) is 3.55. The average Bonchev–Trinajstić information content (AvgIpc) is 2.88. The van der Waals surface area contributed by atoms with Gasteiger partial charge >= 0.3 is 12.0 Å². The van der Waals surface area contributed by atoms with Crippen molar-refractivity contribution in [1.29, 1.82) is 0 Å². The van der Waals surface area contributed by atoms with Crippen molar-refractivity contribution < 1.29 is 19.8 Å². The van der Waals surface area contributed by atoms with Gasteiger partial charge in [-0.3, -0.25) is 0 Å². The van der Waals surface area contributed by atoms with E-state index in [2.05, 4.69) is 6.07 Å². The van der Waals surface area contributed by atoms with Crippen LogP contribution in [0.3, 0.4) is 0 Å². The first-order valence-corrected chi connectivity index (χ1v) is 7.09. The van der Waals surface area contributed by atoms with Crippen LogP contribution < -0.4 is 0 Å². The van der Waals surface area contributed by atoms with Gasteiger partial charge in [-0.15, -0.1) is 0 Å². The molecule has 2 atom stereocenters. The molecule has 2 heterocycles. The Labute approximate surface area is 122 Å². The number of urea groups is 1. The van der Waals surface area contributed by atoms with Gasteiger partial charge in [-0.25, -0.2) is 9.59 Å². The van der Waals surface area contributed by atoms with E-state index in [-0.39, 0.29) is 19.0 Å². The van der Waals surface area contributed by atoms with E-state index in [0.717, 1.165) is 12.0 Å². The topological polar surface area (TPSA) is 81.1 Å². The number of carbonyl (C=O) groups is 2. The number of aliphatic hydroxyl groups is 1. The number of likely N-dealkylation sites (tertiary alicyclic amines) is 1. The first-order valence-electron chi connectivity index (χ1n) is 7.09. The van der Waals surface area contributed by atoms with Crippen molar-refractivity contribution in [2.24, 2.45) is 0 Å². The largest absolute Gasteiger partial charge is 0.480 e. The number of rotatable bonds is 1. The number of carboxylic acid groups (broad SMARTS) is 1. The number of hydrogen-bond donors (Lipinski definition) is 2. The van der Waals surface area contributed by atoms with Crippen LogP contribution in [0.4, 0.5) is 4.79 Å². The Morgan fingerprint density at radius 1 is 1.19 bits per heavy atom. The molecule has 6 nitrogen and oxygen atoms in total. The molecule has 112 valence electrons. The van der Waals surface area contributed by atoms with Crippen LogP contribution in [0.1, 0.15) is 17.5 Å². The first-order chi connectivity index (χ1) is 10.1. The highest BCUT2D eigenvalue weighted by molar-refractivity contribution is 5.83. The zero-order valence-electron chi connectivity index (χ0n) is 11.6. The van der Waals surface area contributed by atoms with E-state index in [4.69, 9.17) is 0 Å². The third-order valence-corrected chi connectivity index (χ3v) is 4.21. The van der Waals surface area contributed by atoms with Crippen molar-refractivity contribution in [1.82, 2.24) is 9.80 Å². The Bertz CT molecular complexity index is 575. The SMILES string of the molecule is O=C(O)[C@H]1C[C@@H](O)CN1C(=O)N1CCc2ccccc2C1. The highest BCUT2D eigenvalue weighted by atomic mass is 16.4. The number of carboxylic acids is 1. The minimum absolute atomic E-state index is 0.0912. The first kappa shape index (κ1) is 13.9. The van der Waals surface area contributed by atoms with Crippen molar-refractivity contribution in [3.63, 3.8) is 0 Å². The minimum Gasteiger partial charge on any atom is -0.480 e. The lowest BCUT2D eigenvalue weighted by Gasteiger charge is -2.33. The minimum atomic E-state index is -1.06. The van der Waals surface area contributed by atoms with Crippen molar-refractivity contribution in [2.45, 2.75) is 31.5 Å². The summed E-state index contributed by atoms with van der Waals surface area (Å²) in [6, 6.07) is 6.73. The molecule has 0 aliphatic carbocycles. The lowest BCUT2D eigenvalue weighted by Crippen LogP contribution is -2.49. The van der Waals surface area contributed by atoms with Crippen molar-refractivity contribution in [3.8, 4) is 0 Å². The van der Waals surface area contributed by atoms with E-state index in [9.17, 15) is 19.8 Å². The zero-order valence-corrected chi connectivity index (χ0v) is 11.6. The highest BCUT2D eigenvalue weighted by Crippen LogP contribution is 2.24. The summed E-state index contributed by atoms with van der Waals surface area (Å²) >= 11 is 0. The summed E-state index contributed by atoms with van der Waals surface area (Å²) < 4.78 is 0. The predicted molar refractivity (Wildman–Crippen MR) is 74.7 cm³/mol. The lowest BCUT2D eigenvalue weighted by atomic mass is 10.0.